The number of fused-ring (bicyclic) bond motifs is 1. The van der Waals surface area contributed by atoms with Crippen molar-refractivity contribution in [3.63, 3.8) is 0 Å². The summed E-state index contributed by atoms with van der Waals surface area (Å²) >= 11 is 0. The minimum atomic E-state index is -0.867. The normalized spacial score (nSPS) is 13.9. The maximum Gasteiger partial charge on any atom is 0.310 e. The van der Waals surface area contributed by atoms with Crippen molar-refractivity contribution in [1.82, 2.24) is 0 Å². The van der Waals surface area contributed by atoms with Gasteiger partial charge in [-0.3, -0.25) is 9.59 Å². The van der Waals surface area contributed by atoms with E-state index in [9.17, 15) is 9.59 Å². The number of hydrogen-bond donors (Lipinski definition) is 1. The lowest BCUT2D eigenvalue weighted by Gasteiger charge is -2.17. The van der Waals surface area contributed by atoms with Gasteiger partial charge in [0.25, 0.3) is 5.91 Å². The zero-order chi connectivity index (χ0) is 20.5. The molecule has 1 unspecified atom stereocenters. The molecular weight excluding hydrogens is 366 g/mol. The summed E-state index contributed by atoms with van der Waals surface area (Å²) in [6.45, 7) is 2.15. The molecular formula is C24H21NO4. The number of ether oxygens (including phenoxy) is 1. The fourth-order valence-corrected chi connectivity index (χ4v) is 3.56. The molecule has 3 aromatic carbocycles. The number of anilines is 1. The van der Waals surface area contributed by atoms with E-state index in [1.54, 1.807) is 31.1 Å². The highest BCUT2D eigenvalue weighted by Crippen LogP contribution is 2.32. The Kier molecular flexibility index (Phi) is 4.80. The van der Waals surface area contributed by atoms with Gasteiger partial charge >= 0.3 is 5.97 Å². The molecule has 0 aromatic heterocycles. The van der Waals surface area contributed by atoms with Crippen LogP contribution >= 0.6 is 0 Å². The standard InChI is InChI=1S/C24H21NO4/c1-15(24(27)28)16-5-9-20(10-6-16)25-14-19-4-3-18(13-22(19)23(25)26)17-7-11-21(29-2)12-8-17/h3-13,15H,14H2,1-2H3,(H,27,28). The first kappa shape index (κ1) is 18.7. The van der Waals surface area contributed by atoms with Crippen LogP contribution in [0.15, 0.2) is 66.7 Å². The lowest BCUT2D eigenvalue weighted by Crippen LogP contribution is -2.23. The zero-order valence-electron chi connectivity index (χ0n) is 16.3. The van der Waals surface area contributed by atoms with Gasteiger partial charge in [-0.05, 0) is 59.5 Å². The number of carbonyl (C=O) groups is 2. The maximum atomic E-state index is 13.0. The molecule has 146 valence electrons. The van der Waals surface area contributed by atoms with Crippen molar-refractivity contribution in [3.8, 4) is 16.9 Å². The molecule has 0 fully saturated rings. The number of nitrogens with zero attached hydrogens (tertiary/aromatic N) is 1. The van der Waals surface area contributed by atoms with E-state index in [1.165, 1.54) is 0 Å². The van der Waals surface area contributed by atoms with E-state index in [4.69, 9.17) is 9.84 Å². The summed E-state index contributed by atoms with van der Waals surface area (Å²) < 4.78 is 5.20. The van der Waals surface area contributed by atoms with E-state index >= 15 is 0 Å². The van der Waals surface area contributed by atoms with Crippen molar-refractivity contribution in [2.45, 2.75) is 19.4 Å². The Morgan fingerprint density at radius 1 is 1.00 bits per heavy atom. The molecule has 1 heterocycles. The predicted molar refractivity (Wildman–Crippen MR) is 111 cm³/mol. The highest BCUT2D eigenvalue weighted by Gasteiger charge is 2.29. The molecule has 5 heteroatoms. The Bertz CT molecular complexity index is 1070. The van der Waals surface area contributed by atoms with Gasteiger partial charge in [0.2, 0.25) is 0 Å². The number of methoxy groups -OCH3 is 1. The summed E-state index contributed by atoms with van der Waals surface area (Å²) in [5.74, 6) is -0.705. The van der Waals surface area contributed by atoms with E-state index in [2.05, 4.69) is 0 Å². The molecule has 4 rings (SSSR count). The Morgan fingerprint density at radius 2 is 1.66 bits per heavy atom. The third kappa shape index (κ3) is 3.47. The molecule has 0 radical (unpaired) electrons. The van der Waals surface area contributed by atoms with Crippen molar-refractivity contribution in [2.75, 3.05) is 12.0 Å². The number of hydrogen-bond acceptors (Lipinski definition) is 3. The van der Waals surface area contributed by atoms with Crippen LogP contribution in [0.4, 0.5) is 5.69 Å². The first-order valence-corrected chi connectivity index (χ1v) is 9.40. The van der Waals surface area contributed by atoms with Crippen LogP contribution in [-0.2, 0) is 11.3 Å². The SMILES string of the molecule is COc1ccc(-c2ccc3c(c2)C(=O)N(c2ccc(C(C)C(=O)O)cc2)C3)cc1. The molecule has 1 atom stereocenters. The number of aliphatic carboxylic acids is 1. The van der Waals surface area contributed by atoms with Gasteiger partial charge in [-0.1, -0.05) is 36.4 Å². The van der Waals surface area contributed by atoms with Crippen LogP contribution in [0.25, 0.3) is 11.1 Å². The molecule has 0 aliphatic carbocycles. The van der Waals surface area contributed by atoms with Crippen LogP contribution in [0.5, 0.6) is 5.75 Å². The molecule has 1 aliphatic rings. The molecule has 3 aromatic rings. The Hall–Kier alpha value is -3.60. The van der Waals surface area contributed by atoms with Gasteiger partial charge in [-0.15, -0.1) is 0 Å². The van der Waals surface area contributed by atoms with Gasteiger partial charge in [0.05, 0.1) is 19.6 Å². The van der Waals surface area contributed by atoms with Gasteiger partial charge in [0, 0.05) is 11.3 Å². The molecule has 1 N–H and O–H groups in total. The first-order chi connectivity index (χ1) is 14.0. The van der Waals surface area contributed by atoms with Crippen molar-refractivity contribution in [3.05, 3.63) is 83.4 Å². The fraction of sp³-hybridized carbons (Fsp3) is 0.167. The zero-order valence-corrected chi connectivity index (χ0v) is 16.3. The van der Waals surface area contributed by atoms with E-state index in [0.717, 1.165) is 28.1 Å². The highest BCUT2D eigenvalue weighted by atomic mass is 16.5. The molecule has 29 heavy (non-hydrogen) atoms. The number of carbonyl (C=O) groups excluding carboxylic acids is 1. The lowest BCUT2D eigenvalue weighted by molar-refractivity contribution is -0.138. The number of carboxylic acids is 1. The summed E-state index contributed by atoms with van der Waals surface area (Å²) in [5, 5.41) is 9.15. The van der Waals surface area contributed by atoms with Crippen molar-refractivity contribution >= 4 is 17.6 Å². The van der Waals surface area contributed by atoms with E-state index in [-0.39, 0.29) is 5.91 Å². The second kappa shape index (κ2) is 7.43. The summed E-state index contributed by atoms with van der Waals surface area (Å²) in [6.07, 6.45) is 0. The quantitative estimate of drug-likeness (QED) is 0.688. The van der Waals surface area contributed by atoms with Crippen LogP contribution in [0.3, 0.4) is 0 Å². The van der Waals surface area contributed by atoms with E-state index in [0.29, 0.717) is 17.7 Å². The minimum absolute atomic E-state index is 0.0469. The second-order valence-corrected chi connectivity index (χ2v) is 7.14. The molecule has 0 saturated heterocycles. The summed E-state index contributed by atoms with van der Waals surface area (Å²) in [7, 11) is 1.63. The second-order valence-electron chi connectivity index (χ2n) is 7.14. The van der Waals surface area contributed by atoms with Crippen molar-refractivity contribution in [1.29, 1.82) is 0 Å². The van der Waals surface area contributed by atoms with Crippen molar-refractivity contribution < 1.29 is 19.4 Å². The van der Waals surface area contributed by atoms with Gasteiger partial charge < -0.3 is 14.7 Å². The Balaban J connectivity index is 1.59. The van der Waals surface area contributed by atoms with Crippen LogP contribution in [0.2, 0.25) is 0 Å². The number of benzene rings is 3. The maximum absolute atomic E-state index is 13.0. The van der Waals surface area contributed by atoms with Gasteiger partial charge in [0.1, 0.15) is 5.75 Å². The Labute approximate surface area is 169 Å². The molecule has 0 spiro atoms. The van der Waals surface area contributed by atoms with E-state index in [1.807, 2.05) is 54.6 Å². The monoisotopic (exact) mass is 387 g/mol. The van der Waals surface area contributed by atoms with Gasteiger partial charge in [-0.2, -0.15) is 0 Å². The molecule has 1 aliphatic heterocycles. The summed E-state index contributed by atoms with van der Waals surface area (Å²) in [5.41, 5.74) is 5.15. The molecule has 5 nitrogen and oxygen atoms in total. The van der Waals surface area contributed by atoms with Crippen LogP contribution in [0.1, 0.15) is 34.3 Å². The smallest absolute Gasteiger partial charge is 0.310 e. The first-order valence-electron chi connectivity index (χ1n) is 9.40. The minimum Gasteiger partial charge on any atom is -0.497 e. The summed E-state index contributed by atoms with van der Waals surface area (Å²) in [4.78, 5) is 25.9. The summed E-state index contributed by atoms with van der Waals surface area (Å²) in [6, 6.07) is 20.8. The molecule has 0 bridgehead atoms. The van der Waals surface area contributed by atoms with Crippen LogP contribution < -0.4 is 9.64 Å². The van der Waals surface area contributed by atoms with Gasteiger partial charge in [0.15, 0.2) is 0 Å². The third-order valence-electron chi connectivity index (χ3n) is 5.41. The van der Waals surface area contributed by atoms with Crippen LogP contribution in [-0.4, -0.2) is 24.1 Å². The van der Waals surface area contributed by atoms with Gasteiger partial charge in [-0.25, -0.2) is 0 Å². The average Bonchev–Trinajstić information content (AvgIpc) is 3.09. The number of amides is 1. The fourth-order valence-electron chi connectivity index (χ4n) is 3.56. The van der Waals surface area contributed by atoms with Crippen LogP contribution in [0, 0.1) is 0 Å². The topological polar surface area (TPSA) is 66.8 Å². The molecule has 1 amide bonds. The Morgan fingerprint density at radius 3 is 2.28 bits per heavy atom. The largest absolute Gasteiger partial charge is 0.497 e. The van der Waals surface area contributed by atoms with E-state index < -0.39 is 11.9 Å². The number of rotatable bonds is 5. The number of carboxylic acid groups (broad SMARTS) is 1. The lowest BCUT2D eigenvalue weighted by atomic mass is 10.0. The highest BCUT2D eigenvalue weighted by molar-refractivity contribution is 6.10. The predicted octanol–water partition coefficient (Wildman–Crippen LogP) is 4.71. The third-order valence-corrected chi connectivity index (χ3v) is 5.41. The van der Waals surface area contributed by atoms with Crippen molar-refractivity contribution in [2.24, 2.45) is 0 Å². The average molecular weight is 387 g/mol. The molecule has 0 saturated carbocycles.